The summed E-state index contributed by atoms with van der Waals surface area (Å²) in [6.07, 6.45) is 4.11. The zero-order chi connectivity index (χ0) is 14.7. The van der Waals surface area contributed by atoms with Crippen molar-refractivity contribution in [2.24, 2.45) is 0 Å². The van der Waals surface area contributed by atoms with Crippen LogP contribution in [0.25, 0.3) is 22.6 Å². The van der Waals surface area contributed by atoms with E-state index in [1.165, 1.54) is 0 Å². The number of pyridine rings is 1. The summed E-state index contributed by atoms with van der Waals surface area (Å²) in [6, 6.07) is 12.0. The zero-order valence-corrected chi connectivity index (χ0v) is 11.8. The number of rotatable bonds is 4. The molecule has 0 amide bonds. The highest BCUT2D eigenvalue weighted by molar-refractivity contribution is 5.66. The van der Waals surface area contributed by atoms with Crippen LogP contribution in [0.3, 0.4) is 0 Å². The van der Waals surface area contributed by atoms with Crippen molar-refractivity contribution in [2.45, 2.75) is 13.3 Å². The van der Waals surface area contributed by atoms with Crippen LogP contribution in [0, 0.1) is 6.92 Å². The van der Waals surface area contributed by atoms with E-state index in [9.17, 15) is 0 Å². The maximum absolute atomic E-state index is 9.00. The van der Waals surface area contributed by atoms with Gasteiger partial charge in [-0.15, -0.1) is 0 Å². The standard InChI is InChI=1S/C17H16N2O2/c1-12-16(8-10-20)19-17(21-12)14-6-4-13(5-7-14)15-3-2-9-18-11-15/h2-7,9,11,20H,8,10H2,1H3. The van der Waals surface area contributed by atoms with Crippen molar-refractivity contribution in [1.29, 1.82) is 0 Å². The smallest absolute Gasteiger partial charge is 0.226 e. The average molecular weight is 280 g/mol. The van der Waals surface area contributed by atoms with Crippen molar-refractivity contribution in [2.75, 3.05) is 6.61 Å². The molecule has 0 atom stereocenters. The van der Waals surface area contributed by atoms with Gasteiger partial charge in [0.05, 0.1) is 5.69 Å². The van der Waals surface area contributed by atoms with E-state index in [1.54, 1.807) is 6.20 Å². The molecule has 0 bridgehead atoms. The summed E-state index contributed by atoms with van der Waals surface area (Å²) >= 11 is 0. The molecule has 3 aromatic rings. The van der Waals surface area contributed by atoms with Gasteiger partial charge in [-0.05, 0) is 36.2 Å². The Bertz CT molecular complexity index is 718. The normalized spacial score (nSPS) is 10.8. The van der Waals surface area contributed by atoms with Gasteiger partial charge in [0, 0.05) is 31.0 Å². The minimum atomic E-state index is 0.0761. The van der Waals surface area contributed by atoms with Gasteiger partial charge in [0.15, 0.2) is 0 Å². The lowest BCUT2D eigenvalue weighted by molar-refractivity contribution is 0.297. The summed E-state index contributed by atoms with van der Waals surface area (Å²) in [5, 5.41) is 9.00. The maximum Gasteiger partial charge on any atom is 0.226 e. The van der Waals surface area contributed by atoms with E-state index in [1.807, 2.05) is 49.5 Å². The molecule has 0 aliphatic heterocycles. The average Bonchev–Trinajstić information content (AvgIpc) is 2.90. The Morgan fingerprint density at radius 1 is 1.05 bits per heavy atom. The number of aliphatic hydroxyl groups is 1. The topological polar surface area (TPSA) is 59.2 Å². The van der Waals surface area contributed by atoms with Gasteiger partial charge >= 0.3 is 0 Å². The van der Waals surface area contributed by atoms with Crippen LogP contribution in [-0.4, -0.2) is 21.7 Å². The van der Waals surface area contributed by atoms with Crippen molar-refractivity contribution < 1.29 is 9.52 Å². The lowest BCUT2D eigenvalue weighted by atomic mass is 10.1. The predicted molar refractivity (Wildman–Crippen MR) is 80.7 cm³/mol. The first kappa shape index (κ1) is 13.5. The van der Waals surface area contributed by atoms with Crippen LogP contribution in [0.15, 0.2) is 53.2 Å². The first-order valence-electron chi connectivity index (χ1n) is 6.86. The highest BCUT2D eigenvalue weighted by Crippen LogP contribution is 2.25. The molecule has 3 rings (SSSR count). The Labute approximate surface area is 123 Å². The number of oxazole rings is 1. The Morgan fingerprint density at radius 3 is 2.48 bits per heavy atom. The van der Waals surface area contributed by atoms with Crippen molar-refractivity contribution in [1.82, 2.24) is 9.97 Å². The number of nitrogens with zero attached hydrogens (tertiary/aromatic N) is 2. The van der Waals surface area contributed by atoms with Crippen molar-refractivity contribution in [3.8, 4) is 22.6 Å². The second-order valence-electron chi connectivity index (χ2n) is 4.81. The van der Waals surface area contributed by atoms with Crippen molar-refractivity contribution in [3.63, 3.8) is 0 Å². The molecule has 2 heterocycles. The lowest BCUT2D eigenvalue weighted by Gasteiger charge is -2.01. The molecule has 0 saturated heterocycles. The second-order valence-corrected chi connectivity index (χ2v) is 4.81. The molecular weight excluding hydrogens is 264 g/mol. The quantitative estimate of drug-likeness (QED) is 0.797. The SMILES string of the molecule is Cc1oc(-c2ccc(-c3cccnc3)cc2)nc1CCO. The molecule has 2 aromatic heterocycles. The van der Waals surface area contributed by atoms with Gasteiger partial charge < -0.3 is 9.52 Å². The highest BCUT2D eigenvalue weighted by Gasteiger charge is 2.11. The van der Waals surface area contributed by atoms with Gasteiger partial charge in [0.1, 0.15) is 5.76 Å². The Kier molecular flexibility index (Phi) is 3.79. The second kappa shape index (κ2) is 5.89. The van der Waals surface area contributed by atoms with Crippen LogP contribution in [0.1, 0.15) is 11.5 Å². The largest absolute Gasteiger partial charge is 0.441 e. The van der Waals surface area contributed by atoms with Gasteiger partial charge in [0.25, 0.3) is 0 Å². The number of aryl methyl sites for hydroxylation is 1. The van der Waals surface area contributed by atoms with Crippen LogP contribution in [0.2, 0.25) is 0 Å². The van der Waals surface area contributed by atoms with Gasteiger partial charge in [-0.1, -0.05) is 18.2 Å². The fraction of sp³-hybridized carbons (Fsp3) is 0.176. The van der Waals surface area contributed by atoms with Gasteiger partial charge in [-0.2, -0.15) is 0 Å². The van der Waals surface area contributed by atoms with Gasteiger partial charge in [0.2, 0.25) is 5.89 Å². The minimum Gasteiger partial charge on any atom is -0.441 e. The van der Waals surface area contributed by atoms with E-state index in [0.29, 0.717) is 12.3 Å². The van der Waals surface area contributed by atoms with Gasteiger partial charge in [-0.25, -0.2) is 4.98 Å². The van der Waals surface area contributed by atoms with E-state index in [-0.39, 0.29) is 6.61 Å². The van der Waals surface area contributed by atoms with E-state index >= 15 is 0 Å². The van der Waals surface area contributed by atoms with Crippen LogP contribution in [0.4, 0.5) is 0 Å². The number of hydrogen-bond acceptors (Lipinski definition) is 4. The third-order valence-corrected chi connectivity index (χ3v) is 3.37. The van der Waals surface area contributed by atoms with Crippen LogP contribution < -0.4 is 0 Å². The number of hydrogen-bond donors (Lipinski definition) is 1. The number of aliphatic hydroxyl groups excluding tert-OH is 1. The fourth-order valence-electron chi connectivity index (χ4n) is 2.23. The summed E-state index contributed by atoms with van der Waals surface area (Å²) in [5.74, 6) is 1.35. The minimum absolute atomic E-state index is 0.0761. The Morgan fingerprint density at radius 2 is 1.81 bits per heavy atom. The molecule has 0 fully saturated rings. The summed E-state index contributed by atoms with van der Waals surface area (Å²) < 4.78 is 5.66. The maximum atomic E-state index is 9.00. The predicted octanol–water partition coefficient (Wildman–Crippen LogP) is 3.25. The van der Waals surface area contributed by atoms with Crippen LogP contribution in [0.5, 0.6) is 0 Å². The fourth-order valence-corrected chi connectivity index (χ4v) is 2.23. The van der Waals surface area contributed by atoms with E-state index in [2.05, 4.69) is 9.97 Å². The van der Waals surface area contributed by atoms with Crippen molar-refractivity contribution in [3.05, 3.63) is 60.2 Å². The van der Waals surface area contributed by atoms with Crippen LogP contribution >= 0.6 is 0 Å². The van der Waals surface area contributed by atoms with E-state index in [4.69, 9.17) is 9.52 Å². The molecule has 1 N–H and O–H groups in total. The van der Waals surface area contributed by atoms with Crippen molar-refractivity contribution >= 4 is 0 Å². The summed E-state index contributed by atoms with van der Waals surface area (Å²) in [4.78, 5) is 8.56. The molecule has 0 aliphatic carbocycles. The zero-order valence-electron chi connectivity index (χ0n) is 11.8. The Balaban J connectivity index is 1.89. The first-order chi connectivity index (χ1) is 10.3. The number of aromatic nitrogens is 2. The van der Waals surface area contributed by atoms with Gasteiger partial charge in [-0.3, -0.25) is 4.98 Å². The molecular formula is C17H16N2O2. The number of benzene rings is 1. The molecule has 0 saturated carbocycles. The summed E-state index contributed by atoms with van der Waals surface area (Å²) in [5.41, 5.74) is 3.91. The molecule has 21 heavy (non-hydrogen) atoms. The summed E-state index contributed by atoms with van der Waals surface area (Å²) in [6.45, 7) is 1.94. The molecule has 0 aliphatic rings. The van der Waals surface area contributed by atoms with E-state index in [0.717, 1.165) is 28.1 Å². The molecule has 0 radical (unpaired) electrons. The molecule has 4 heteroatoms. The monoisotopic (exact) mass is 280 g/mol. The Hall–Kier alpha value is -2.46. The first-order valence-corrected chi connectivity index (χ1v) is 6.86. The third kappa shape index (κ3) is 2.85. The molecule has 0 spiro atoms. The molecule has 4 nitrogen and oxygen atoms in total. The lowest BCUT2D eigenvalue weighted by Crippen LogP contribution is -1.92. The van der Waals surface area contributed by atoms with Crippen LogP contribution in [-0.2, 0) is 6.42 Å². The van der Waals surface area contributed by atoms with E-state index < -0.39 is 0 Å². The highest BCUT2D eigenvalue weighted by atomic mass is 16.4. The summed E-state index contributed by atoms with van der Waals surface area (Å²) in [7, 11) is 0. The molecule has 1 aromatic carbocycles. The molecule has 0 unspecified atom stereocenters. The molecule has 106 valence electrons. The third-order valence-electron chi connectivity index (χ3n) is 3.37.